The molecule has 1 N–H and O–H groups in total. The number of hydrogen-bond donors (Lipinski definition) is 1. The predicted octanol–water partition coefficient (Wildman–Crippen LogP) is 1.23. The zero-order valence-electron chi connectivity index (χ0n) is 8.16. The van der Waals surface area contributed by atoms with Gasteiger partial charge in [0.15, 0.2) is 12.1 Å². The molecule has 1 fully saturated rings. The van der Waals surface area contributed by atoms with Gasteiger partial charge in [0.05, 0.1) is 0 Å². The molecular formula is C8H9F3N4O. The smallest absolute Gasteiger partial charge is 0.352 e. The first-order chi connectivity index (χ1) is 7.49. The second-order valence-corrected chi connectivity index (χ2v) is 3.62. The number of hydrogen-bond acceptors (Lipinski definition) is 4. The summed E-state index contributed by atoms with van der Waals surface area (Å²) in [5, 5.41) is 9.70. The molecule has 16 heavy (non-hydrogen) atoms. The molecule has 1 heterocycles. The van der Waals surface area contributed by atoms with Gasteiger partial charge in [-0.1, -0.05) is 0 Å². The maximum Gasteiger partial charge on any atom is 0.406 e. The van der Waals surface area contributed by atoms with E-state index in [2.05, 4.69) is 15.5 Å². The fourth-order valence-electron chi connectivity index (χ4n) is 1.25. The van der Waals surface area contributed by atoms with Gasteiger partial charge in [-0.05, 0) is 12.8 Å². The van der Waals surface area contributed by atoms with Crippen molar-refractivity contribution < 1.29 is 18.0 Å². The van der Waals surface area contributed by atoms with Gasteiger partial charge in [-0.3, -0.25) is 9.36 Å². The van der Waals surface area contributed by atoms with Crippen LogP contribution in [0.1, 0.15) is 23.5 Å². The van der Waals surface area contributed by atoms with E-state index in [1.807, 2.05) is 0 Å². The van der Waals surface area contributed by atoms with Crippen molar-refractivity contribution in [2.75, 3.05) is 5.32 Å². The highest BCUT2D eigenvalue weighted by molar-refractivity contribution is 5.70. The van der Waals surface area contributed by atoms with E-state index in [9.17, 15) is 18.0 Å². The highest BCUT2D eigenvalue weighted by Crippen LogP contribution is 2.26. The first-order valence-electron chi connectivity index (χ1n) is 4.71. The van der Waals surface area contributed by atoms with E-state index in [0.717, 1.165) is 17.4 Å². The van der Waals surface area contributed by atoms with Gasteiger partial charge in [0.2, 0.25) is 5.95 Å². The topological polar surface area (TPSA) is 59.8 Å². The Bertz CT molecular complexity index is 396. The number of nitrogens with zero attached hydrogens (tertiary/aromatic N) is 3. The zero-order valence-corrected chi connectivity index (χ0v) is 8.16. The number of alkyl halides is 3. The number of anilines is 1. The number of aldehydes is 1. The summed E-state index contributed by atoms with van der Waals surface area (Å²) in [6.07, 6.45) is -2.35. The van der Waals surface area contributed by atoms with Crippen LogP contribution in [0.2, 0.25) is 0 Å². The van der Waals surface area contributed by atoms with Gasteiger partial charge >= 0.3 is 6.18 Å². The predicted molar refractivity (Wildman–Crippen MR) is 48.1 cm³/mol. The first-order valence-corrected chi connectivity index (χ1v) is 4.71. The third-order valence-corrected chi connectivity index (χ3v) is 2.13. The van der Waals surface area contributed by atoms with Crippen molar-refractivity contribution in [2.45, 2.75) is 31.6 Å². The van der Waals surface area contributed by atoms with Crippen molar-refractivity contribution >= 4 is 12.2 Å². The SMILES string of the molecule is O=Cc1nnc(NC2CC2)n1CC(F)(F)F. The van der Waals surface area contributed by atoms with Crippen LogP contribution in [0.5, 0.6) is 0 Å². The third-order valence-electron chi connectivity index (χ3n) is 2.13. The van der Waals surface area contributed by atoms with Gasteiger partial charge in [-0.25, -0.2) is 0 Å². The van der Waals surface area contributed by atoms with Crippen LogP contribution >= 0.6 is 0 Å². The molecule has 2 rings (SSSR count). The maximum absolute atomic E-state index is 12.2. The quantitative estimate of drug-likeness (QED) is 0.796. The summed E-state index contributed by atoms with van der Waals surface area (Å²) < 4.78 is 37.5. The second kappa shape index (κ2) is 3.76. The van der Waals surface area contributed by atoms with Crippen LogP contribution in [0.4, 0.5) is 19.1 Å². The molecule has 0 unspecified atom stereocenters. The van der Waals surface area contributed by atoms with E-state index in [-0.39, 0.29) is 24.1 Å². The second-order valence-electron chi connectivity index (χ2n) is 3.62. The molecule has 0 amide bonds. The normalized spacial score (nSPS) is 16.2. The Morgan fingerprint density at radius 3 is 2.62 bits per heavy atom. The van der Waals surface area contributed by atoms with Crippen molar-refractivity contribution in [1.29, 1.82) is 0 Å². The summed E-state index contributed by atoms with van der Waals surface area (Å²) in [5.41, 5.74) is 0. The number of carbonyl (C=O) groups excluding carboxylic acids is 1. The van der Waals surface area contributed by atoms with Crippen LogP contribution in [0.15, 0.2) is 0 Å². The van der Waals surface area contributed by atoms with E-state index in [4.69, 9.17) is 0 Å². The van der Waals surface area contributed by atoms with E-state index in [1.165, 1.54) is 0 Å². The van der Waals surface area contributed by atoms with Gasteiger partial charge in [0.25, 0.3) is 0 Å². The summed E-state index contributed by atoms with van der Waals surface area (Å²) in [5.74, 6) is -0.317. The van der Waals surface area contributed by atoms with Crippen molar-refractivity contribution in [3.8, 4) is 0 Å². The standard InChI is InChI=1S/C8H9F3N4O/c9-8(10,11)4-15-6(3-16)13-14-7(15)12-5-1-2-5/h3,5H,1-2,4H2,(H,12,14). The molecule has 1 aliphatic carbocycles. The summed E-state index contributed by atoms with van der Waals surface area (Å²) in [6, 6.07) is 0.149. The zero-order chi connectivity index (χ0) is 11.8. The molecule has 1 aliphatic rings. The summed E-state index contributed by atoms with van der Waals surface area (Å²) in [7, 11) is 0. The molecule has 1 aromatic heterocycles. The van der Waals surface area contributed by atoms with Gasteiger partial charge in [0, 0.05) is 6.04 Å². The van der Waals surface area contributed by atoms with Crippen LogP contribution in [-0.4, -0.2) is 33.3 Å². The summed E-state index contributed by atoms with van der Waals surface area (Å²) in [4.78, 5) is 10.5. The molecule has 1 aromatic rings. The minimum atomic E-state index is -4.40. The Kier molecular flexibility index (Phi) is 2.56. The van der Waals surface area contributed by atoms with Crippen LogP contribution in [0.3, 0.4) is 0 Å². The number of rotatable bonds is 4. The molecule has 5 nitrogen and oxygen atoms in total. The lowest BCUT2D eigenvalue weighted by Crippen LogP contribution is -2.21. The molecule has 88 valence electrons. The fourth-order valence-corrected chi connectivity index (χ4v) is 1.25. The lowest BCUT2D eigenvalue weighted by atomic mass is 10.5. The number of nitrogens with one attached hydrogen (secondary N) is 1. The van der Waals surface area contributed by atoms with Crippen LogP contribution in [0.25, 0.3) is 0 Å². The minimum Gasteiger partial charge on any atom is -0.352 e. The van der Waals surface area contributed by atoms with Crippen LogP contribution in [-0.2, 0) is 6.54 Å². The summed E-state index contributed by atoms with van der Waals surface area (Å²) >= 11 is 0. The van der Waals surface area contributed by atoms with Gasteiger partial charge in [0.1, 0.15) is 6.54 Å². The number of carbonyl (C=O) groups is 1. The van der Waals surface area contributed by atoms with E-state index >= 15 is 0 Å². The molecule has 0 spiro atoms. The largest absolute Gasteiger partial charge is 0.406 e. The first kappa shape index (κ1) is 10.9. The molecule has 0 bridgehead atoms. The average molecular weight is 234 g/mol. The molecule has 0 saturated heterocycles. The Morgan fingerprint density at radius 1 is 1.44 bits per heavy atom. The lowest BCUT2D eigenvalue weighted by molar-refractivity contribution is -0.140. The highest BCUT2D eigenvalue weighted by Gasteiger charge is 2.32. The lowest BCUT2D eigenvalue weighted by Gasteiger charge is -2.11. The average Bonchev–Trinajstić information content (AvgIpc) is 2.90. The van der Waals surface area contributed by atoms with Crippen LogP contribution < -0.4 is 5.32 Å². The maximum atomic E-state index is 12.2. The van der Waals surface area contributed by atoms with Crippen molar-refractivity contribution in [3.63, 3.8) is 0 Å². The van der Waals surface area contributed by atoms with Crippen LogP contribution in [0, 0.1) is 0 Å². The van der Waals surface area contributed by atoms with E-state index in [0.29, 0.717) is 0 Å². The molecule has 1 saturated carbocycles. The van der Waals surface area contributed by atoms with Crippen molar-refractivity contribution in [3.05, 3.63) is 5.82 Å². The monoisotopic (exact) mass is 234 g/mol. The van der Waals surface area contributed by atoms with Gasteiger partial charge in [-0.15, -0.1) is 10.2 Å². The molecule has 8 heteroatoms. The van der Waals surface area contributed by atoms with Gasteiger partial charge < -0.3 is 5.32 Å². The number of aromatic nitrogens is 3. The molecule has 0 atom stereocenters. The van der Waals surface area contributed by atoms with E-state index in [1.54, 1.807) is 0 Å². The Hall–Kier alpha value is -1.60. The summed E-state index contributed by atoms with van der Waals surface area (Å²) in [6.45, 7) is -1.26. The van der Waals surface area contributed by atoms with E-state index < -0.39 is 12.7 Å². The molecular weight excluding hydrogens is 225 g/mol. The molecule has 0 radical (unpaired) electrons. The minimum absolute atomic E-state index is 0.00178. The Balaban J connectivity index is 2.22. The Labute approximate surface area is 88.7 Å². The molecule has 0 aliphatic heterocycles. The van der Waals surface area contributed by atoms with Crippen molar-refractivity contribution in [1.82, 2.24) is 14.8 Å². The third kappa shape index (κ3) is 2.50. The Morgan fingerprint density at radius 2 is 2.12 bits per heavy atom. The number of halogens is 3. The highest BCUT2D eigenvalue weighted by atomic mass is 19.4. The fraction of sp³-hybridized carbons (Fsp3) is 0.625. The van der Waals surface area contributed by atoms with Gasteiger partial charge in [-0.2, -0.15) is 13.2 Å². The van der Waals surface area contributed by atoms with Crippen molar-refractivity contribution in [2.24, 2.45) is 0 Å². The molecule has 0 aromatic carbocycles.